The van der Waals surface area contributed by atoms with Crippen LogP contribution in [0.2, 0.25) is 0 Å². The number of nitrogens with zero attached hydrogens (tertiary/aromatic N) is 4. The molecule has 2 aromatic heterocycles. The third-order valence-electron chi connectivity index (χ3n) is 4.00. The average molecular weight is 371 g/mol. The van der Waals surface area contributed by atoms with Crippen LogP contribution in [0.1, 0.15) is 15.9 Å². The molecule has 0 spiro atoms. The Morgan fingerprint density at radius 1 is 1.04 bits per heavy atom. The molecule has 7 heteroatoms. The molecule has 7 nitrogen and oxygen atoms in total. The van der Waals surface area contributed by atoms with E-state index in [1.54, 1.807) is 30.5 Å². The van der Waals surface area contributed by atoms with E-state index in [2.05, 4.69) is 20.4 Å². The average Bonchev–Trinajstić information content (AvgIpc) is 3.25. The van der Waals surface area contributed by atoms with Crippen LogP contribution >= 0.6 is 0 Å². The van der Waals surface area contributed by atoms with Crippen molar-refractivity contribution in [2.24, 2.45) is 0 Å². The van der Waals surface area contributed by atoms with Crippen LogP contribution in [0.4, 0.5) is 5.69 Å². The Morgan fingerprint density at radius 3 is 2.64 bits per heavy atom. The standard InChI is InChI=1S/C21H17N5O2/c1-15-3-2-4-19(11-15)28-18-7-5-17(6-8-18)25-21(27)16-9-10-23-20(12-16)26-14-22-13-24-26/h2-14H,1H3,(H,25,27). The van der Waals surface area contributed by atoms with E-state index in [-0.39, 0.29) is 5.91 Å². The lowest BCUT2D eigenvalue weighted by molar-refractivity contribution is 0.102. The van der Waals surface area contributed by atoms with Crippen LogP contribution < -0.4 is 10.1 Å². The van der Waals surface area contributed by atoms with E-state index in [9.17, 15) is 4.79 Å². The summed E-state index contributed by atoms with van der Waals surface area (Å²) in [5, 5.41) is 6.88. The van der Waals surface area contributed by atoms with Crippen LogP contribution in [-0.2, 0) is 0 Å². The van der Waals surface area contributed by atoms with Gasteiger partial charge >= 0.3 is 0 Å². The maximum Gasteiger partial charge on any atom is 0.255 e. The van der Waals surface area contributed by atoms with E-state index >= 15 is 0 Å². The van der Waals surface area contributed by atoms with E-state index in [0.29, 0.717) is 22.8 Å². The molecule has 0 saturated carbocycles. The summed E-state index contributed by atoms with van der Waals surface area (Å²) in [6, 6.07) is 18.3. The quantitative estimate of drug-likeness (QED) is 0.573. The molecular formula is C21H17N5O2. The normalized spacial score (nSPS) is 10.5. The number of aryl methyl sites for hydroxylation is 1. The van der Waals surface area contributed by atoms with Crippen LogP contribution in [0, 0.1) is 6.92 Å². The van der Waals surface area contributed by atoms with Gasteiger partial charge in [0.2, 0.25) is 0 Å². The molecule has 0 atom stereocenters. The topological polar surface area (TPSA) is 81.9 Å². The van der Waals surface area contributed by atoms with E-state index < -0.39 is 0 Å². The Morgan fingerprint density at radius 2 is 1.89 bits per heavy atom. The number of rotatable bonds is 5. The predicted molar refractivity (Wildman–Crippen MR) is 105 cm³/mol. The fourth-order valence-electron chi connectivity index (χ4n) is 2.64. The van der Waals surface area contributed by atoms with Gasteiger partial charge in [0.1, 0.15) is 24.2 Å². The summed E-state index contributed by atoms with van der Waals surface area (Å²) >= 11 is 0. The first-order valence-electron chi connectivity index (χ1n) is 8.64. The zero-order chi connectivity index (χ0) is 19.3. The second-order valence-corrected chi connectivity index (χ2v) is 6.14. The molecule has 138 valence electrons. The zero-order valence-corrected chi connectivity index (χ0v) is 15.1. The molecule has 0 fully saturated rings. The van der Waals surface area contributed by atoms with Gasteiger partial charge in [-0.05, 0) is 61.0 Å². The largest absolute Gasteiger partial charge is 0.457 e. The molecule has 0 unspecified atom stereocenters. The molecule has 4 aromatic rings. The minimum atomic E-state index is -0.240. The van der Waals surface area contributed by atoms with Crippen molar-refractivity contribution in [2.75, 3.05) is 5.32 Å². The number of carbonyl (C=O) groups excluding carboxylic acids is 1. The van der Waals surface area contributed by atoms with Gasteiger partial charge in [0.15, 0.2) is 5.82 Å². The third-order valence-corrected chi connectivity index (χ3v) is 4.00. The summed E-state index contributed by atoms with van der Waals surface area (Å²) in [7, 11) is 0. The Hall–Kier alpha value is -4.00. The first kappa shape index (κ1) is 17.4. The van der Waals surface area contributed by atoms with Crippen molar-refractivity contribution >= 4 is 11.6 Å². The number of nitrogens with one attached hydrogen (secondary N) is 1. The Kier molecular flexibility index (Phi) is 4.79. The fraction of sp³-hybridized carbons (Fsp3) is 0.0476. The lowest BCUT2D eigenvalue weighted by Crippen LogP contribution is -2.13. The number of ether oxygens (including phenoxy) is 1. The number of hydrogen-bond donors (Lipinski definition) is 1. The molecule has 0 bridgehead atoms. The van der Waals surface area contributed by atoms with Gasteiger partial charge in [-0.25, -0.2) is 14.6 Å². The molecule has 0 aliphatic rings. The lowest BCUT2D eigenvalue weighted by atomic mass is 10.2. The molecule has 0 aliphatic heterocycles. The molecule has 2 aromatic carbocycles. The van der Waals surface area contributed by atoms with Gasteiger partial charge in [0, 0.05) is 17.4 Å². The molecule has 0 saturated heterocycles. The number of pyridine rings is 1. The Bertz CT molecular complexity index is 1090. The van der Waals surface area contributed by atoms with E-state index in [0.717, 1.165) is 11.3 Å². The highest BCUT2D eigenvalue weighted by atomic mass is 16.5. The summed E-state index contributed by atoms with van der Waals surface area (Å²) in [5.41, 5.74) is 2.27. The Balaban J connectivity index is 1.44. The van der Waals surface area contributed by atoms with Crippen LogP contribution in [0.15, 0.2) is 79.5 Å². The Labute approximate surface area is 161 Å². The second kappa shape index (κ2) is 7.71. The van der Waals surface area contributed by atoms with Crippen LogP contribution in [-0.4, -0.2) is 25.7 Å². The van der Waals surface area contributed by atoms with Crippen LogP contribution in [0.5, 0.6) is 11.5 Å². The lowest BCUT2D eigenvalue weighted by Gasteiger charge is -2.09. The number of aromatic nitrogens is 4. The van der Waals surface area contributed by atoms with Gasteiger partial charge in [-0.2, -0.15) is 5.10 Å². The van der Waals surface area contributed by atoms with E-state index in [4.69, 9.17) is 4.74 Å². The summed E-state index contributed by atoms with van der Waals surface area (Å²) in [6.07, 6.45) is 4.50. The molecule has 28 heavy (non-hydrogen) atoms. The number of carbonyl (C=O) groups is 1. The van der Waals surface area contributed by atoms with Gasteiger partial charge in [-0.1, -0.05) is 12.1 Å². The number of anilines is 1. The van der Waals surface area contributed by atoms with Crippen LogP contribution in [0.25, 0.3) is 5.82 Å². The maximum absolute atomic E-state index is 12.5. The molecule has 0 radical (unpaired) electrons. The van der Waals surface area contributed by atoms with Crippen molar-refractivity contribution in [1.29, 1.82) is 0 Å². The maximum atomic E-state index is 12.5. The van der Waals surface area contributed by atoms with Gasteiger partial charge in [-0.15, -0.1) is 0 Å². The van der Waals surface area contributed by atoms with Crippen molar-refractivity contribution in [3.8, 4) is 17.3 Å². The molecule has 1 N–H and O–H groups in total. The van der Waals surface area contributed by atoms with Crippen molar-refractivity contribution < 1.29 is 9.53 Å². The van der Waals surface area contributed by atoms with Gasteiger partial charge in [0.25, 0.3) is 5.91 Å². The summed E-state index contributed by atoms with van der Waals surface area (Å²) in [4.78, 5) is 20.6. The SMILES string of the molecule is Cc1cccc(Oc2ccc(NC(=O)c3ccnc(-n4cncn4)c3)cc2)c1. The zero-order valence-electron chi connectivity index (χ0n) is 15.1. The highest BCUT2D eigenvalue weighted by molar-refractivity contribution is 6.04. The highest BCUT2D eigenvalue weighted by Gasteiger charge is 2.09. The molecule has 0 aliphatic carbocycles. The number of benzene rings is 2. The third kappa shape index (κ3) is 4.04. The number of amides is 1. The predicted octanol–water partition coefficient (Wildman–Crippen LogP) is 4.02. The summed E-state index contributed by atoms with van der Waals surface area (Å²) < 4.78 is 7.32. The molecule has 4 rings (SSSR count). The van der Waals surface area contributed by atoms with Crippen molar-refractivity contribution in [3.05, 3.63) is 90.6 Å². The minimum absolute atomic E-state index is 0.240. The molecular weight excluding hydrogens is 354 g/mol. The van der Waals surface area contributed by atoms with Gasteiger partial charge in [-0.3, -0.25) is 4.79 Å². The number of hydrogen-bond acceptors (Lipinski definition) is 5. The molecule has 1 amide bonds. The van der Waals surface area contributed by atoms with Crippen LogP contribution in [0.3, 0.4) is 0 Å². The van der Waals surface area contributed by atoms with Gasteiger partial charge in [0.05, 0.1) is 0 Å². The monoisotopic (exact) mass is 371 g/mol. The molecule has 2 heterocycles. The minimum Gasteiger partial charge on any atom is -0.457 e. The fourth-order valence-corrected chi connectivity index (χ4v) is 2.64. The summed E-state index contributed by atoms with van der Waals surface area (Å²) in [6.45, 7) is 2.01. The first-order chi connectivity index (χ1) is 13.7. The first-order valence-corrected chi connectivity index (χ1v) is 8.64. The van der Waals surface area contributed by atoms with Crippen molar-refractivity contribution in [3.63, 3.8) is 0 Å². The van der Waals surface area contributed by atoms with Gasteiger partial charge < -0.3 is 10.1 Å². The van der Waals surface area contributed by atoms with E-state index in [1.807, 2.05) is 43.3 Å². The smallest absolute Gasteiger partial charge is 0.255 e. The van der Waals surface area contributed by atoms with Crippen molar-refractivity contribution in [2.45, 2.75) is 6.92 Å². The van der Waals surface area contributed by atoms with E-state index in [1.165, 1.54) is 17.3 Å². The van der Waals surface area contributed by atoms with Crippen molar-refractivity contribution in [1.82, 2.24) is 19.7 Å². The summed E-state index contributed by atoms with van der Waals surface area (Å²) in [5.74, 6) is 1.75. The second-order valence-electron chi connectivity index (χ2n) is 6.14. The highest BCUT2D eigenvalue weighted by Crippen LogP contribution is 2.24.